The summed E-state index contributed by atoms with van der Waals surface area (Å²) in [7, 11) is -4.58. The number of rotatable bonds is 7. The number of hydrogen-bond donors (Lipinski definition) is 0. The van der Waals surface area contributed by atoms with E-state index in [2.05, 4.69) is 11.3 Å². The molecule has 1 aromatic carbocycles. The smallest absolute Gasteiger partial charge is 0.419 e. The summed E-state index contributed by atoms with van der Waals surface area (Å²) >= 11 is 0. The van der Waals surface area contributed by atoms with Crippen molar-refractivity contribution in [3.63, 3.8) is 0 Å². The number of ether oxygens (including phenoxy) is 2. The zero-order valence-corrected chi connectivity index (χ0v) is 16.0. The van der Waals surface area contributed by atoms with Crippen LogP contribution in [0, 0.1) is 0 Å². The molecule has 0 aromatic heterocycles. The first-order valence-electron chi connectivity index (χ1n) is 8.51. The summed E-state index contributed by atoms with van der Waals surface area (Å²) in [5, 5.41) is 0. The molecule has 0 aliphatic heterocycles. The predicted octanol–water partition coefficient (Wildman–Crippen LogP) is 3.68. The number of hydrogen-bond acceptors (Lipinski definition) is 6. The van der Waals surface area contributed by atoms with Crippen molar-refractivity contribution in [2.45, 2.75) is 44.4 Å². The molecule has 1 saturated carbocycles. The van der Waals surface area contributed by atoms with Crippen LogP contribution in [0.1, 0.15) is 48.5 Å². The lowest BCUT2D eigenvalue weighted by Crippen LogP contribution is -2.34. The maximum atomic E-state index is 13.4. The first kappa shape index (κ1) is 22.2. The molecule has 0 saturated heterocycles. The molecule has 1 aliphatic rings. The highest BCUT2D eigenvalue weighted by Crippen LogP contribution is 2.43. The Kier molecular flexibility index (Phi) is 6.44. The van der Waals surface area contributed by atoms with Crippen LogP contribution in [0.3, 0.4) is 0 Å². The van der Waals surface area contributed by atoms with Gasteiger partial charge in [0, 0.05) is 0 Å². The first-order chi connectivity index (χ1) is 12.8. The van der Waals surface area contributed by atoms with Crippen LogP contribution in [-0.2, 0) is 21.0 Å². The summed E-state index contributed by atoms with van der Waals surface area (Å²) in [4.78, 5) is 12.0. The van der Waals surface area contributed by atoms with Crippen molar-refractivity contribution in [2.75, 3.05) is 12.4 Å². The topological polar surface area (TPSA) is 92.7 Å². The molecule has 28 heavy (non-hydrogen) atoms. The fraction of sp³-hybridized carbons (Fsp3) is 0.500. The Hall–Kier alpha value is -2.07. The summed E-state index contributed by atoms with van der Waals surface area (Å²) in [6.07, 6.45) is -2.13. The van der Waals surface area contributed by atoms with Crippen molar-refractivity contribution < 1.29 is 40.4 Å². The van der Waals surface area contributed by atoms with Gasteiger partial charge in [-0.25, -0.2) is 13.2 Å². The van der Waals surface area contributed by atoms with Crippen LogP contribution in [0.15, 0.2) is 30.4 Å². The lowest BCUT2D eigenvalue weighted by Gasteiger charge is -2.32. The second-order valence-electron chi connectivity index (χ2n) is 6.69. The van der Waals surface area contributed by atoms with Gasteiger partial charge in [-0.2, -0.15) is 13.2 Å². The molecule has 10 heteroatoms. The van der Waals surface area contributed by atoms with E-state index in [-0.39, 0.29) is 5.56 Å². The normalized spacial score (nSPS) is 16.6. The SMILES string of the molecule is C=C(C)C1(Oc2cc(C(=O)OCCS(=O)(=O)[O-])ccc2C(F)(F)F)CCCC1. The van der Waals surface area contributed by atoms with Gasteiger partial charge in [0.1, 0.15) is 18.0 Å². The second-order valence-corrected chi connectivity index (χ2v) is 8.21. The van der Waals surface area contributed by atoms with Crippen LogP contribution < -0.4 is 4.74 Å². The van der Waals surface area contributed by atoms with Crippen molar-refractivity contribution in [3.8, 4) is 5.75 Å². The van der Waals surface area contributed by atoms with E-state index in [0.717, 1.165) is 25.0 Å². The number of benzene rings is 1. The largest absolute Gasteiger partial charge is 0.748 e. The number of carbonyl (C=O) groups is 1. The highest BCUT2D eigenvalue weighted by Gasteiger charge is 2.41. The Labute approximate surface area is 161 Å². The minimum atomic E-state index is -4.71. The van der Waals surface area contributed by atoms with Crippen LogP contribution in [0.5, 0.6) is 5.75 Å². The van der Waals surface area contributed by atoms with E-state index in [4.69, 9.17) is 4.74 Å². The second kappa shape index (κ2) is 8.12. The summed E-state index contributed by atoms with van der Waals surface area (Å²) in [5.41, 5.74) is -1.65. The van der Waals surface area contributed by atoms with Gasteiger partial charge in [0.2, 0.25) is 0 Å². The molecular weight excluding hydrogens is 401 g/mol. The quantitative estimate of drug-likeness (QED) is 0.379. The van der Waals surface area contributed by atoms with Crippen LogP contribution in [0.2, 0.25) is 0 Å². The summed E-state index contributed by atoms with van der Waals surface area (Å²) in [6, 6.07) is 2.53. The monoisotopic (exact) mass is 421 g/mol. The van der Waals surface area contributed by atoms with Gasteiger partial charge in [-0.05, 0) is 56.4 Å². The molecule has 0 unspecified atom stereocenters. The van der Waals surface area contributed by atoms with Crippen LogP contribution in [0.4, 0.5) is 13.2 Å². The Bertz CT molecular complexity index is 855. The molecule has 1 aliphatic carbocycles. The average molecular weight is 421 g/mol. The molecule has 0 N–H and O–H groups in total. The summed E-state index contributed by atoms with van der Waals surface area (Å²) in [6.45, 7) is 4.82. The van der Waals surface area contributed by atoms with Crippen LogP contribution in [0.25, 0.3) is 0 Å². The van der Waals surface area contributed by atoms with Gasteiger partial charge in [0.25, 0.3) is 0 Å². The van der Waals surface area contributed by atoms with Gasteiger partial charge in [0.05, 0.1) is 27.0 Å². The van der Waals surface area contributed by atoms with Gasteiger partial charge in [-0.1, -0.05) is 6.58 Å². The zero-order chi connectivity index (χ0) is 21.2. The van der Waals surface area contributed by atoms with Gasteiger partial charge < -0.3 is 14.0 Å². The fourth-order valence-corrected chi connectivity index (χ4v) is 3.35. The van der Waals surface area contributed by atoms with E-state index in [9.17, 15) is 30.9 Å². The Morgan fingerprint density at radius 3 is 2.39 bits per heavy atom. The molecule has 0 radical (unpaired) electrons. The van der Waals surface area contributed by atoms with Gasteiger partial charge in [-0.15, -0.1) is 0 Å². The summed E-state index contributed by atoms with van der Waals surface area (Å²) < 4.78 is 82.3. The van der Waals surface area contributed by atoms with Gasteiger partial charge in [0.15, 0.2) is 0 Å². The molecule has 1 fully saturated rings. The van der Waals surface area contributed by atoms with Crippen molar-refractivity contribution >= 4 is 16.1 Å². The van der Waals surface area contributed by atoms with Crippen LogP contribution >= 0.6 is 0 Å². The van der Waals surface area contributed by atoms with E-state index in [1.807, 2.05) is 0 Å². The van der Waals surface area contributed by atoms with E-state index >= 15 is 0 Å². The van der Waals surface area contributed by atoms with E-state index < -0.39 is 51.5 Å². The van der Waals surface area contributed by atoms with E-state index in [1.54, 1.807) is 6.92 Å². The summed E-state index contributed by atoms with van der Waals surface area (Å²) in [5.74, 6) is -2.51. The Morgan fingerprint density at radius 1 is 1.29 bits per heavy atom. The molecule has 6 nitrogen and oxygen atoms in total. The Balaban J connectivity index is 2.32. The van der Waals surface area contributed by atoms with Gasteiger partial charge >= 0.3 is 12.1 Å². The molecule has 2 rings (SSSR count). The minimum Gasteiger partial charge on any atom is -0.748 e. The molecule has 1 aromatic rings. The first-order valence-corrected chi connectivity index (χ1v) is 10.1. The number of alkyl halides is 3. The number of halogens is 3. The van der Waals surface area contributed by atoms with E-state index in [1.165, 1.54) is 0 Å². The third-order valence-electron chi connectivity index (χ3n) is 4.58. The van der Waals surface area contributed by atoms with Crippen molar-refractivity contribution in [1.29, 1.82) is 0 Å². The fourth-order valence-electron chi connectivity index (χ4n) is 3.06. The maximum Gasteiger partial charge on any atom is 0.419 e. The molecule has 0 spiro atoms. The number of esters is 1. The predicted molar refractivity (Wildman–Crippen MR) is 92.9 cm³/mol. The number of carbonyl (C=O) groups excluding carboxylic acids is 1. The third kappa shape index (κ3) is 5.48. The Morgan fingerprint density at radius 2 is 1.89 bits per heavy atom. The lowest BCUT2D eigenvalue weighted by molar-refractivity contribution is -0.139. The average Bonchev–Trinajstić information content (AvgIpc) is 3.02. The van der Waals surface area contributed by atoms with Crippen molar-refractivity contribution in [1.82, 2.24) is 0 Å². The molecule has 0 amide bonds. The lowest BCUT2D eigenvalue weighted by atomic mass is 9.93. The molecule has 0 atom stereocenters. The molecule has 0 heterocycles. The minimum absolute atomic E-state index is 0.249. The third-order valence-corrected chi connectivity index (χ3v) is 5.25. The van der Waals surface area contributed by atoms with Crippen LogP contribution in [-0.4, -0.2) is 36.9 Å². The molecule has 0 bridgehead atoms. The van der Waals surface area contributed by atoms with Crippen molar-refractivity contribution in [2.24, 2.45) is 0 Å². The van der Waals surface area contributed by atoms with Crippen molar-refractivity contribution in [3.05, 3.63) is 41.5 Å². The zero-order valence-electron chi connectivity index (χ0n) is 15.2. The maximum absolute atomic E-state index is 13.4. The van der Waals surface area contributed by atoms with Gasteiger partial charge in [-0.3, -0.25) is 0 Å². The van der Waals surface area contributed by atoms with E-state index in [0.29, 0.717) is 24.5 Å². The molecule has 156 valence electrons. The standard InChI is InChI=1S/C18H21F3O6S/c1-12(2)17(7-3-4-8-17)27-15-11-13(5-6-14(15)18(19,20)21)16(22)26-9-10-28(23,24)25/h5-6,11H,1,3-4,7-10H2,2H3,(H,23,24,25)/p-1. The highest BCUT2D eigenvalue weighted by molar-refractivity contribution is 7.85. The highest BCUT2D eigenvalue weighted by atomic mass is 32.2. The molecular formula is C18H20F3O6S-.